The normalized spacial score (nSPS) is 13.1. The third kappa shape index (κ3) is 4.40. The molecule has 0 aromatic rings. The SMILES string of the molecule is C=C(C)C(=O)OCC(C)(OC(=O)C(=C)C)C(=O)O. The summed E-state index contributed by atoms with van der Waals surface area (Å²) in [6.07, 6.45) is 0. The van der Waals surface area contributed by atoms with Gasteiger partial charge in [0.15, 0.2) is 0 Å². The van der Waals surface area contributed by atoms with Crippen LogP contribution in [0, 0.1) is 0 Å². The first-order valence-corrected chi connectivity index (χ1v) is 5.05. The van der Waals surface area contributed by atoms with E-state index < -0.39 is 30.1 Å². The van der Waals surface area contributed by atoms with Crippen molar-refractivity contribution in [3.8, 4) is 0 Å². The minimum absolute atomic E-state index is 0.0497. The van der Waals surface area contributed by atoms with Crippen molar-refractivity contribution >= 4 is 17.9 Å². The Kier molecular flexibility index (Phi) is 5.29. The zero-order valence-corrected chi connectivity index (χ0v) is 10.6. The number of esters is 2. The highest BCUT2D eigenvalue weighted by Crippen LogP contribution is 2.14. The second-order valence-electron chi connectivity index (χ2n) is 4.06. The second-order valence-corrected chi connectivity index (χ2v) is 4.06. The lowest BCUT2D eigenvalue weighted by atomic mass is 10.1. The first kappa shape index (κ1) is 15.9. The summed E-state index contributed by atoms with van der Waals surface area (Å²) < 4.78 is 9.43. The first-order valence-electron chi connectivity index (χ1n) is 5.05. The number of carbonyl (C=O) groups is 3. The van der Waals surface area contributed by atoms with Gasteiger partial charge in [-0.1, -0.05) is 13.2 Å². The molecule has 0 saturated carbocycles. The second kappa shape index (κ2) is 6.00. The number of hydrogen-bond donors (Lipinski definition) is 1. The van der Waals surface area contributed by atoms with Crippen molar-refractivity contribution in [2.45, 2.75) is 26.4 Å². The molecule has 0 aromatic carbocycles. The van der Waals surface area contributed by atoms with E-state index in [-0.39, 0.29) is 11.1 Å². The molecule has 100 valence electrons. The number of ether oxygens (including phenoxy) is 2. The summed E-state index contributed by atoms with van der Waals surface area (Å²) in [6, 6.07) is 0. The predicted molar refractivity (Wildman–Crippen MR) is 62.7 cm³/mol. The van der Waals surface area contributed by atoms with Crippen molar-refractivity contribution in [3.63, 3.8) is 0 Å². The van der Waals surface area contributed by atoms with Crippen molar-refractivity contribution in [1.82, 2.24) is 0 Å². The minimum atomic E-state index is -1.96. The Morgan fingerprint density at radius 1 is 1.11 bits per heavy atom. The van der Waals surface area contributed by atoms with Crippen LogP contribution in [-0.2, 0) is 23.9 Å². The van der Waals surface area contributed by atoms with Gasteiger partial charge in [0.05, 0.1) is 0 Å². The van der Waals surface area contributed by atoms with Crippen molar-refractivity contribution < 1.29 is 29.0 Å². The number of carbonyl (C=O) groups excluding carboxylic acids is 2. The monoisotopic (exact) mass is 256 g/mol. The molecular formula is C12H16O6. The van der Waals surface area contributed by atoms with Gasteiger partial charge in [-0.25, -0.2) is 14.4 Å². The molecule has 1 N–H and O–H groups in total. The average molecular weight is 256 g/mol. The van der Waals surface area contributed by atoms with Crippen LogP contribution in [-0.4, -0.2) is 35.2 Å². The highest BCUT2D eigenvalue weighted by atomic mass is 16.6. The lowest BCUT2D eigenvalue weighted by Crippen LogP contribution is -2.45. The summed E-state index contributed by atoms with van der Waals surface area (Å²) in [7, 11) is 0. The van der Waals surface area contributed by atoms with Gasteiger partial charge < -0.3 is 14.6 Å². The molecule has 0 heterocycles. The van der Waals surface area contributed by atoms with E-state index in [9.17, 15) is 14.4 Å². The van der Waals surface area contributed by atoms with Crippen LogP contribution < -0.4 is 0 Å². The number of rotatable bonds is 6. The van der Waals surface area contributed by atoms with Gasteiger partial charge in [-0.3, -0.25) is 0 Å². The fraction of sp³-hybridized carbons (Fsp3) is 0.417. The maximum Gasteiger partial charge on any atom is 0.351 e. The lowest BCUT2D eigenvalue weighted by Gasteiger charge is -2.24. The van der Waals surface area contributed by atoms with Gasteiger partial charge in [0, 0.05) is 11.1 Å². The Morgan fingerprint density at radius 2 is 1.56 bits per heavy atom. The molecule has 0 aliphatic carbocycles. The molecular weight excluding hydrogens is 240 g/mol. The molecule has 0 aliphatic heterocycles. The Hall–Kier alpha value is -2.11. The largest absolute Gasteiger partial charge is 0.478 e. The Morgan fingerprint density at radius 3 is 1.89 bits per heavy atom. The van der Waals surface area contributed by atoms with Crippen LogP contribution in [0.1, 0.15) is 20.8 Å². The van der Waals surface area contributed by atoms with Crippen LogP contribution in [0.4, 0.5) is 0 Å². The van der Waals surface area contributed by atoms with E-state index in [0.29, 0.717) is 0 Å². The molecule has 1 atom stereocenters. The van der Waals surface area contributed by atoms with E-state index in [0.717, 1.165) is 6.92 Å². The van der Waals surface area contributed by atoms with Crippen LogP contribution in [0.3, 0.4) is 0 Å². The molecule has 0 fully saturated rings. The Labute approximate surface area is 105 Å². The van der Waals surface area contributed by atoms with Crippen molar-refractivity contribution in [1.29, 1.82) is 0 Å². The van der Waals surface area contributed by atoms with Crippen LogP contribution >= 0.6 is 0 Å². The number of carboxylic acids is 1. The Bertz CT molecular complexity index is 409. The molecule has 0 aromatic heterocycles. The highest BCUT2D eigenvalue weighted by molar-refractivity contribution is 5.91. The van der Waals surface area contributed by atoms with Crippen LogP contribution in [0.15, 0.2) is 24.3 Å². The number of aliphatic carboxylic acids is 1. The van der Waals surface area contributed by atoms with E-state index >= 15 is 0 Å². The highest BCUT2D eigenvalue weighted by Gasteiger charge is 2.39. The van der Waals surface area contributed by atoms with E-state index in [1.807, 2.05) is 0 Å². The molecule has 0 saturated heterocycles. The Balaban J connectivity index is 4.79. The van der Waals surface area contributed by atoms with E-state index in [1.165, 1.54) is 13.8 Å². The summed E-state index contributed by atoms with van der Waals surface area (Å²) in [6.45, 7) is 10.00. The maximum atomic E-state index is 11.3. The zero-order valence-electron chi connectivity index (χ0n) is 10.6. The van der Waals surface area contributed by atoms with Gasteiger partial charge in [-0.05, 0) is 20.8 Å². The zero-order chi connectivity index (χ0) is 14.5. The molecule has 0 bridgehead atoms. The number of carboxylic acid groups (broad SMARTS) is 1. The first-order chi connectivity index (χ1) is 8.10. The average Bonchev–Trinajstić information content (AvgIpc) is 2.25. The smallest absolute Gasteiger partial charge is 0.351 e. The quantitative estimate of drug-likeness (QED) is 0.564. The summed E-state index contributed by atoms with van der Waals surface area (Å²) in [5.41, 5.74) is -1.79. The molecule has 0 radical (unpaired) electrons. The van der Waals surface area contributed by atoms with Gasteiger partial charge >= 0.3 is 17.9 Å². The summed E-state index contributed by atoms with van der Waals surface area (Å²) >= 11 is 0. The van der Waals surface area contributed by atoms with Crippen molar-refractivity contribution in [3.05, 3.63) is 24.3 Å². The molecule has 6 nitrogen and oxygen atoms in total. The van der Waals surface area contributed by atoms with Gasteiger partial charge in [0.2, 0.25) is 5.60 Å². The van der Waals surface area contributed by atoms with Crippen LogP contribution in [0.25, 0.3) is 0 Å². The molecule has 6 heteroatoms. The fourth-order valence-corrected chi connectivity index (χ4v) is 0.753. The van der Waals surface area contributed by atoms with E-state index in [1.54, 1.807) is 0 Å². The van der Waals surface area contributed by atoms with Gasteiger partial charge in [-0.2, -0.15) is 0 Å². The molecule has 0 aliphatic rings. The van der Waals surface area contributed by atoms with E-state index in [2.05, 4.69) is 17.9 Å². The summed E-state index contributed by atoms with van der Waals surface area (Å²) in [5, 5.41) is 8.99. The molecule has 1 unspecified atom stereocenters. The van der Waals surface area contributed by atoms with Crippen LogP contribution in [0.2, 0.25) is 0 Å². The standard InChI is InChI=1S/C12H16O6/c1-7(2)9(13)17-6-12(5,11(15)16)18-10(14)8(3)4/h1,3,6H2,2,4-5H3,(H,15,16). The van der Waals surface area contributed by atoms with E-state index in [4.69, 9.17) is 9.84 Å². The fourth-order valence-electron chi connectivity index (χ4n) is 0.753. The topological polar surface area (TPSA) is 89.9 Å². The molecule has 18 heavy (non-hydrogen) atoms. The van der Waals surface area contributed by atoms with Gasteiger partial charge in [0.25, 0.3) is 0 Å². The third-order valence-corrected chi connectivity index (χ3v) is 1.95. The third-order valence-electron chi connectivity index (χ3n) is 1.95. The van der Waals surface area contributed by atoms with Crippen molar-refractivity contribution in [2.75, 3.05) is 6.61 Å². The van der Waals surface area contributed by atoms with Gasteiger partial charge in [0.1, 0.15) is 6.61 Å². The number of hydrogen-bond acceptors (Lipinski definition) is 5. The maximum absolute atomic E-state index is 11.3. The molecule has 0 amide bonds. The van der Waals surface area contributed by atoms with Crippen LogP contribution in [0.5, 0.6) is 0 Å². The summed E-state index contributed by atoms with van der Waals surface area (Å²) in [4.78, 5) is 33.5. The summed E-state index contributed by atoms with van der Waals surface area (Å²) in [5.74, 6) is -3.05. The molecule has 0 rings (SSSR count). The predicted octanol–water partition coefficient (Wildman–Crippen LogP) is 1.07. The molecule has 0 spiro atoms. The lowest BCUT2D eigenvalue weighted by molar-refractivity contribution is -0.182. The van der Waals surface area contributed by atoms with Crippen molar-refractivity contribution in [2.24, 2.45) is 0 Å². The minimum Gasteiger partial charge on any atom is -0.478 e. The van der Waals surface area contributed by atoms with Gasteiger partial charge in [-0.15, -0.1) is 0 Å².